The normalized spacial score (nSPS) is 19.3. The molecule has 1 saturated carbocycles. The van der Waals surface area contributed by atoms with E-state index in [-0.39, 0.29) is 18.9 Å². The highest BCUT2D eigenvalue weighted by atomic mass is 19.3. The van der Waals surface area contributed by atoms with E-state index in [2.05, 4.69) is 11.4 Å². The molecule has 19 heavy (non-hydrogen) atoms. The summed E-state index contributed by atoms with van der Waals surface area (Å²) >= 11 is 0. The van der Waals surface area contributed by atoms with Crippen molar-refractivity contribution in [2.75, 3.05) is 13.7 Å². The molecule has 2 nitrogen and oxygen atoms in total. The van der Waals surface area contributed by atoms with Gasteiger partial charge in [-0.3, -0.25) is 0 Å². The number of hydrogen-bond donors (Lipinski definition) is 1. The van der Waals surface area contributed by atoms with Gasteiger partial charge in [-0.25, -0.2) is 8.78 Å². The maximum absolute atomic E-state index is 13.0. The van der Waals surface area contributed by atoms with Crippen LogP contribution in [-0.2, 0) is 6.42 Å². The fourth-order valence-electron chi connectivity index (χ4n) is 2.49. The smallest absolute Gasteiger partial charge is 0.248 e. The molecule has 0 aromatic heterocycles. The van der Waals surface area contributed by atoms with Crippen LogP contribution in [0.5, 0.6) is 5.75 Å². The van der Waals surface area contributed by atoms with Gasteiger partial charge >= 0.3 is 0 Å². The van der Waals surface area contributed by atoms with Gasteiger partial charge in [-0.15, -0.1) is 0 Å². The van der Waals surface area contributed by atoms with Crippen molar-refractivity contribution in [3.63, 3.8) is 0 Å². The van der Waals surface area contributed by atoms with Gasteiger partial charge in [0.15, 0.2) is 0 Å². The quantitative estimate of drug-likeness (QED) is 0.884. The monoisotopic (exact) mass is 269 g/mol. The van der Waals surface area contributed by atoms with E-state index in [1.165, 1.54) is 5.56 Å². The minimum absolute atomic E-state index is 0.0177. The molecule has 0 radical (unpaired) electrons. The molecule has 0 spiro atoms. The van der Waals surface area contributed by atoms with Crippen LogP contribution in [0.3, 0.4) is 0 Å². The van der Waals surface area contributed by atoms with E-state index in [9.17, 15) is 8.78 Å². The minimum Gasteiger partial charge on any atom is -0.497 e. The highest BCUT2D eigenvalue weighted by Crippen LogP contribution is 2.32. The van der Waals surface area contributed by atoms with Crippen LogP contribution < -0.4 is 10.1 Å². The predicted octanol–water partition coefficient (Wildman–Crippen LogP) is 3.41. The van der Waals surface area contributed by atoms with E-state index >= 15 is 0 Å². The van der Waals surface area contributed by atoms with Gasteiger partial charge in [-0.2, -0.15) is 0 Å². The third kappa shape index (κ3) is 4.46. The summed E-state index contributed by atoms with van der Waals surface area (Å²) in [6.07, 6.45) is 2.08. The fraction of sp³-hybridized carbons (Fsp3) is 0.600. The van der Waals surface area contributed by atoms with Gasteiger partial charge in [0, 0.05) is 18.9 Å². The summed E-state index contributed by atoms with van der Waals surface area (Å²) in [6, 6.07) is 8.19. The molecule has 0 aliphatic heterocycles. The lowest BCUT2D eigenvalue weighted by Crippen LogP contribution is -2.37. The summed E-state index contributed by atoms with van der Waals surface area (Å²) in [7, 11) is 1.65. The van der Waals surface area contributed by atoms with Crippen LogP contribution in [0.25, 0.3) is 0 Å². The Balaban J connectivity index is 1.72. The van der Waals surface area contributed by atoms with E-state index in [1.807, 2.05) is 18.2 Å². The molecular formula is C15H21F2NO. The van der Waals surface area contributed by atoms with Gasteiger partial charge in [0.05, 0.1) is 7.11 Å². The number of rotatable bonds is 5. The molecule has 1 aliphatic carbocycles. The Labute approximate surface area is 113 Å². The summed E-state index contributed by atoms with van der Waals surface area (Å²) in [5, 5.41) is 3.37. The van der Waals surface area contributed by atoms with Crippen molar-refractivity contribution < 1.29 is 13.5 Å². The highest BCUT2D eigenvalue weighted by molar-refractivity contribution is 5.28. The van der Waals surface area contributed by atoms with Crippen LogP contribution in [0.15, 0.2) is 24.3 Å². The molecule has 0 saturated heterocycles. The molecule has 0 heterocycles. The molecule has 1 fully saturated rings. The van der Waals surface area contributed by atoms with Crippen molar-refractivity contribution in [3.8, 4) is 5.75 Å². The third-order valence-corrected chi connectivity index (χ3v) is 3.70. The highest BCUT2D eigenvalue weighted by Gasteiger charge is 2.34. The molecule has 0 unspecified atom stereocenters. The summed E-state index contributed by atoms with van der Waals surface area (Å²) < 4.78 is 31.2. The van der Waals surface area contributed by atoms with Gasteiger partial charge in [0.2, 0.25) is 5.92 Å². The predicted molar refractivity (Wildman–Crippen MR) is 71.9 cm³/mol. The van der Waals surface area contributed by atoms with E-state index in [0.717, 1.165) is 18.7 Å². The number of halogens is 2. The van der Waals surface area contributed by atoms with E-state index in [4.69, 9.17) is 4.74 Å². The van der Waals surface area contributed by atoms with Crippen LogP contribution in [0.1, 0.15) is 31.2 Å². The average molecular weight is 269 g/mol. The standard InChI is InChI=1S/C15H21F2NO/c1-19-14-4-2-3-12(11-14)7-10-18-13-5-8-15(16,17)9-6-13/h2-4,11,13,18H,5-10H2,1H3. The Morgan fingerprint density at radius 2 is 2.05 bits per heavy atom. The zero-order valence-electron chi connectivity index (χ0n) is 11.3. The zero-order chi connectivity index (χ0) is 13.7. The Kier molecular flexibility index (Phi) is 4.75. The van der Waals surface area contributed by atoms with Crippen molar-refractivity contribution in [1.29, 1.82) is 0 Å². The van der Waals surface area contributed by atoms with Crippen LogP contribution in [0.2, 0.25) is 0 Å². The maximum Gasteiger partial charge on any atom is 0.248 e. The number of ether oxygens (including phenoxy) is 1. The second-order valence-electron chi connectivity index (χ2n) is 5.19. The van der Waals surface area contributed by atoms with Crippen molar-refractivity contribution in [1.82, 2.24) is 5.32 Å². The molecule has 0 bridgehead atoms. The molecule has 1 N–H and O–H groups in total. The van der Waals surface area contributed by atoms with Crippen molar-refractivity contribution >= 4 is 0 Å². The lowest BCUT2D eigenvalue weighted by Gasteiger charge is -2.28. The average Bonchev–Trinajstić information content (AvgIpc) is 2.41. The first kappa shape index (κ1) is 14.3. The Hall–Kier alpha value is -1.16. The first-order valence-corrected chi connectivity index (χ1v) is 6.83. The first-order valence-electron chi connectivity index (χ1n) is 6.83. The van der Waals surface area contributed by atoms with Crippen LogP contribution in [0, 0.1) is 0 Å². The summed E-state index contributed by atoms with van der Waals surface area (Å²) in [5.41, 5.74) is 1.20. The first-order chi connectivity index (χ1) is 9.09. The number of hydrogen-bond acceptors (Lipinski definition) is 2. The Morgan fingerprint density at radius 1 is 1.32 bits per heavy atom. The molecule has 0 amide bonds. The second-order valence-corrected chi connectivity index (χ2v) is 5.19. The molecule has 0 atom stereocenters. The molecule has 1 aromatic carbocycles. The second kappa shape index (κ2) is 6.33. The van der Waals surface area contributed by atoms with E-state index < -0.39 is 5.92 Å². The molecule has 2 rings (SSSR count). The molecule has 1 aliphatic rings. The Bertz CT molecular complexity index is 399. The minimum atomic E-state index is -2.44. The van der Waals surface area contributed by atoms with Crippen molar-refractivity contribution in [2.24, 2.45) is 0 Å². The molecule has 1 aromatic rings. The largest absolute Gasteiger partial charge is 0.497 e. The van der Waals surface area contributed by atoms with Gasteiger partial charge in [0.1, 0.15) is 5.75 Å². The third-order valence-electron chi connectivity index (χ3n) is 3.70. The zero-order valence-corrected chi connectivity index (χ0v) is 11.3. The van der Waals surface area contributed by atoms with Crippen LogP contribution in [0.4, 0.5) is 8.78 Å². The molecule has 4 heteroatoms. The lowest BCUT2D eigenvalue weighted by molar-refractivity contribution is -0.0403. The topological polar surface area (TPSA) is 21.3 Å². The number of alkyl halides is 2. The lowest BCUT2D eigenvalue weighted by atomic mass is 9.92. The van der Waals surface area contributed by atoms with Gasteiger partial charge in [-0.1, -0.05) is 12.1 Å². The number of methoxy groups -OCH3 is 1. The summed E-state index contributed by atoms with van der Waals surface area (Å²) in [6.45, 7) is 0.823. The van der Waals surface area contributed by atoms with Gasteiger partial charge in [0.25, 0.3) is 0 Å². The maximum atomic E-state index is 13.0. The molecular weight excluding hydrogens is 248 g/mol. The fourth-order valence-corrected chi connectivity index (χ4v) is 2.49. The number of benzene rings is 1. The van der Waals surface area contributed by atoms with Crippen molar-refractivity contribution in [3.05, 3.63) is 29.8 Å². The molecule has 106 valence electrons. The summed E-state index contributed by atoms with van der Waals surface area (Å²) in [4.78, 5) is 0. The van der Waals surface area contributed by atoms with Gasteiger partial charge < -0.3 is 10.1 Å². The van der Waals surface area contributed by atoms with Crippen molar-refractivity contribution in [2.45, 2.75) is 44.1 Å². The Morgan fingerprint density at radius 3 is 2.74 bits per heavy atom. The summed E-state index contributed by atoms with van der Waals surface area (Å²) in [5.74, 6) is -1.58. The van der Waals surface area contributed by atoms with Gasteiger partial charge in [-0.05, 0) is 43.5 Å². The number of nitrogens with one attached hydrogen (secondary N) is 1. The van der Waals surface area contributed by atoms with Crippen LogP contribution >= 0.6 is 0 Å². The van der Waals surface area contributed by atoms with Crippen LogP contribution in [-0.4, -0.2) is 25.6 Å². The van der Waals surface area contributed by atoms with E-state index in [0.29, 0.717) is 12.8 Å². The SMILES string of the molecule is COc1cccc(CCNC2CCC(F)(F)CC2)c1. The van der Waals surface area contributed by atoms with E-state index in [1.54, 1.807) is 7.11 Å².